The molecule has 0 fully saturated rings. The first kappa shape index (κ1) is 17.9. The molecule has 0 saturated heterocycles. The van der Waals surface area contributed by atoms with E-state index in [4.69, 9.17) is 0 Å². The third-order valence-corrected chi connectivity index (χ3v) is 5.13. The Morgan fingerprint density at radius 1 is 1.19 bits per heavy atom. The Morgan fingerprint density at radius 2 is 2.00 bits per heavy atom. The number of benzene rings is 2. The van der Waals surface area contributed by atoms with E-state index < -0.39 is 6.09 Å². The van der Waals surface area contributed by atoms with Crippen LogP contribution in [-0.4, -0.2) is 43.7 Å². The molecule has 0 radical (unpaired) electrons. The second-order valence-electron chi connectivity index (χ2n) is 5.67. The fraction of sp³-hybridized carbons (Fsp3) is 0.222. The Labute approximate surface area is 155 Å². The maximum atomic E-state index is 11.5. The van der Waals surface area contributed by atoms with Crippen molar-refractivity contribution in [1.82, 2.24) is 20.2 Å². The van der Waals surface area contributed by atoms with Crippen LogP contribution >= 0.6 is 11.8 Å². The Kier molecular flexibility index (Phi) is 5.85. The molecule has 0 aliphatic heterocycles. The summed E-state index contributed by atoms with van der Waals surface area (Å²) >= 11 is 1.65. The minimum atomic E-state index is -0.944. The lowest BCUT2D eigenvalue weighted by molar-refractivity contribution is 0.202. The van der Waals surface area contributed by atoms with E-state index in [-0.39, 0.29) is 0 Å². The zero-order valence-corrected chi connectivity index (χ0v) is 15.1. The van der Waals surface area contributed by atoms with Crippen LogP contribution in [0.3, 0.4) is 0 Å². The first-order valence-electron chi connectivity index (χ1n) is 8.12. The normalized spacial score (nSPS) is 10.7. The number of carboxylic acid groups (broad SMARTS) is 1. The van der Waals surface area contributed by atoms with Gasteiger partial charge < -0.3 is 5.11 Å². The van der Waals surface area contributed by atoms with Crippen LogP contribution in [0.4, 0.5) is 10.5 Å². The Hall–Kier alpha value is -2.87. The topological polar surface area (TPSA) is 84.1 Å². The van der Waals surface area contributed by atoms with Gasteiger partial charge >= 0.3 is 6.09 Å². The van der Waals surface area contributed by atoms with Gasteiger partial charge in [-0.25, -0.2) is 9.48 Å². The molecule has 0 unspecified atom stereocenters. The molecule has 0 saturated carbocycles. The van der Waals surface area contributed by atoms with Crippen LogP contribution in [0.2, 0.25) is 0 Å². The van der Waals surface area contributed by atoms with Gasteiger partial charge in [0.25, 0.3) is 0 Å². The summed E-state index contributed by atoms with van der Waals surface area (Å²) in [6, 6.07) is 15.3. The molecule has 8 heteroatoms. The van der Waals surface area contributed by atoms with E-state index in [1.54, 1.807) is 34.9 Å². The largest absolute Gasteiger partial charge is 0.465 e. The van der Waals surface area contributed by atoms with Gasteiger partial charge in [-0.3, -0.25) is 4.90 Å². The van der Waals surface area contributed by atoms with Crippen molar-refractivity contribution in [3.63, 3.8) is 0 Å². The van der Waals surface area contributed by atoms with Crippen molar-refractivity contribution in [2.24, 2.45) is 0 Å². The number of carbonyl (C=O) groups is 1. The highest BCUT2D eigenvalue weighted by molar-refractivity contribution is 7.99. The predicted octanol–water partition coefficient (Wildman–Crippen LogP) is 3.31. The van der Waals surface area contributed by atoms with Crippen molar-refractivity contribution >= 4 is 23.5 Å². The van der Waals surface area contributed by atoms with Crippen LogP contribution < -0.4 is 4.90 Å². The molecular formula is C18H19N5O2S. The number of hydrogen-bond acceptors (Lipinski definition) is 5. The average molecular weight is 369 g/mol. The highest BCUT2D eigenvalue weighted by Crippen LogP contribution is 2.26. The summed E-state index contributed by atoms with van der Waals surface area (Å²) in [4.78, 5) is 14.0. The third-order valence-electron chi connectivity index (χ3n) is 3.99. The average Bonchev–Trinajstić information content (AvgIpc) is 3.15. The van der Waals surface area contributed by atoms with Crippen LogP contribution in [0.25, 0.3) is 0 Å². The van der Waals surface area contributed by atoms with Crippen LogP contribution in [0.15, 0.2) is 59.8 Å². The lowest BCUT2D eigenvalue weighted by Gasteiger charge is -2.19. The fourth-order valence-corrected chi connectivity index (χ4v) is 3.62. The number of aromatic nitrogens is 4. The van der Waals surface area contributed by atoms with Gasteiger partial charge in [0, 0.05) is 22.9 Å². The van der Waals surface area contributed by atoms with Gasteiger partial charge in [0.05, 0.1) is 6.54 Å². The Balaban J connectivity index is 1.65. The summed E-state index contributed by atoms with van der Waals surface area (Å²) in [6.45, 7) is 3.09. The molecule has 134 valence electrons. The second kappa shape index (κ2) is 8.48. The molecule has 0 bridgehead atoms. The Bertz CT molecular complexity index is 855. The van der Waals surface area contributed by atoms with Gasteiger partial charge in [0.15, 0.2) is 0 Å². The number of nitrogens with zero attached hydrogens (tertiary/aromatic N) is 5. The molecule has 0 atom stereocenters. The second-order valence-corrected chi connectivity index (χ2v) is 6.80. The van der Waals surface area contributed by atoms with Gasteiger partial charge in [0.1, 0.15) is 6.33 Å². The third kappa shape index (κ3) is 4.40. The summed E-state index contributed by atoms with van der Waals surface area (Å²) < 4.78 is 1.68. The molecular weight excluding hydrogens is 350 g/mol. The minimum Gasteiger partial charge on any atom is -0.465 e. The SMILES string of the molecule is Cc1c(Cn2cnnn2)cccc1SCCN(C(=O)O)c1ccccc1. The van der Waals surface area contributed by atoms with Crippen LogP contribution in [0.5, 0.6) is 0 Å². The highest BCUT2D eigenvalue weighted by Gasteiger charge is 2.14. The molecule has 26 heavy (non-hydrogen) atoms. The zero-order chi connectivity index (χ0) is 18.4. The minimum absolute atomic E-state index is 0.417. The summed E-state index contributed by atoms with van der Waals surface area (Å²) in [5, 5.41) is 20.7. The molecule has 0 spiro atoms. The quantitative estimate of drug-likeness (QED) is 0.643. The van der Waals surface area contributed by atoms with Crippen molar-refractivity contribution < 1.29 is 9.90 Å². The number of para-hydroxylation sites is 1. The van der Waals surface area contributed by atoms with Gasteiger partial charge in [0.2, 0.25) is 0 Å². The van der Waals surface area contributed by atoms with E-state index >= 15 is 0 Å². The molecule has 3 aromatic rings. The van der Waals surface area contributed by atoms with Crippen molar-refractivity contribution in [3.05, 3.63) is 66.0 Å². The first-order valence-corrected chi connectivity index (χ1v) is 9.11. The van der Waals surface area contributed by atoms with E-state index in [2.05, 4.69) is 34.6 Å². The maximum Gasteiger partial charge on any atom is 0.411 e. The van der Waals surface area contributed by atoms with Gasteiger partial charge in [-0.1, -0.05) is 30.3 Å². The molecule has 3 rings (SSSR count). The zero-order valence-electron chi connectivity index (χ0n) is 14.3. The molecule has 1 heterocycles. The van der Waals surface area contributed by atoms with E-state index in [1.807, 2.05) is 24.3 Å². The molecule has 2 aromatic carbocycles. The van der Waals surface area contributed by atoms with Crippen molar-refractivity contribution in [2.45, 2.75) is 18.4 Å². The molecule has 1 N–H and O–H groups in total. The van der Waals surface area contributed by atoms with E-state index in [1.165, 1.54) is 4.90 Å². The molecule has 1 amide bonds. The lowest BCUT2D eigenvalue weighted by Crippen LogP contribution is -2.31. The molecule has 1 aromatic heterocycles. The van der Waals surface area contributed by atoms with Crippen molar-refractivity contribution in [3.8, 4) is 0 Å². The fourth-order valence-electron chi connectivity index (χ4n) is 2.60. The lowest BCUT2D eigenvalue weighted by atomic mass is 10.1. The number of anilines is 1. The van der Waals surface area contributed by atoms with E-state index in [0.29, 0.717) is 24.5 Å². The van der Waals surface area contributed by atoms with Gasteiger partial charge in [-0.2, -0.15) is 0 Å². The molecule has 7 nitrogen and oxygen atoms in total. The van der Waals surface area contributed by atoms with Gasteiger partial charge in [-0.15, -0.1) is 16.9 Å². The Morgan fingerprint density at radius 3 is 2.69 bits per heavy atom. The van der Waals surface area contributed by atoms with Crippen molar-refractivity contribution in [2.75, 3.05) is 17.2 Å². The standard InChI is InChI=1S/C18H19N5O2S/c1-14-15(12-22-13-19-20-21-22)6-5-9-17(14)26-11-10-23(18(24)25)16-7-3-2-4-8-16/h2-9,13H,10-12H2,1H3,(H,24,25). The smallest absolute Gasteiger partial charge is 0.411 e. The number of hydrogen-bond donors (Lipinski definition) is 1. The maximum absolute atomic E-state index is 11.5. The number of thioether (sulfide) groups is 1. The first-order chi connectivity index (χ1) is 12.6. The van der Waals surface area contributed by atoms with E-state index in [9.17, 15) is 9.90 Å². The summed E-state index contributed by atoms with van der Waals surface area (Å²) in [7, 11) is 0. The number of amides is 1. The molecule has 0 aliphatic carbocycles. The van der Waals surface area contributed by atoms with Crippen LogP contribution in [0.1, 0.15) is 11.1 Å². The van der Waals surface area contributed by atoms with E-state index in [0.717, 1.165) is 16.0 Å². The summed E-state index contributed by atoms with van der Waals surface area (Å²) in [5.41, 5.74) is 2.99. The van der Waals surface area contributed by atoms with Crippen molar-refractivity contribution in [1.29, 1.82) is 0 Å². The predicted molar refractivity (Wildman–Crippen MR) is 101 cm³/mol. The highest BCUT2D eigenvalue weighted by atomic mass is 32.2. The number of tetrazole rings is 1. The van der Waals surface area contributed by atoms with Gasteiger partial charge in [-0.05, 0) is 46.7 Å². The van der Waals surface area contributed by atoms with Crippen LogP contribution in [0, 0.1) is 6.92 Å². The molecule has 0 aliphatic rings. The number of rotatable bonds is 7. The van der Waals surface area contributed by atoms with Crippen LogP contribution in [-0.2, 0) is 6.54 Å². The summed E-state index contributed by atoms with van der Waals surface area (Å²) in [6.07, 6.45) is 0.644. The monoisotopic (exact) mass is 369 g/mol. The summed E-state index contributed by atoms with van der Waals surface area (Å²) in [5.74, 6) is 0.663.